The number of rotatable bonds is 4. The summed E-state index contributed by atoms with van der Waals surface area (Å²) >= 11 is 0. The molecule has 2 heterocycles. The van der Waals surface area contributed by atoms with Crippen molar-refractivity contribution >= 4 is 22.6 Å². The van der Waals surface area contributed by atoms with E-state index in [9.17, 15) is 8.42 Å². The zero-order chi connectivity index (χ0) is 18.1. The molecular formula is C17H28ClN3O4S. The number of nitrogens with one attached hydrogen (secondary N) is 1. The van der Waals surface area contributed by atoms with E-state index in [-0.39, 0.29) is 18.4 Å². The largest absolute Gasteiger partial charge is 0.496 e. The molecule has 1 N–H and O–H groups in total. The van der Waals surface area contributed by atoms with Gasteiger partial charge in [-0.1, -0.05) is 18.2 Å². The van der Waals surface area contributed by atoms with Crippen LogP contribution in [0, 0.1) is 0 Å². The summed E-state index contributed by atoms with van der Waals surface area (Å²) in [6.07, 6.45) is 0. The molecule has 1 aromatic rings. The van der Waals surface area contributed by atoms with Gasteiger partial charge in [0.15, 0.2) is 0 Å². The van der Waals surface area contributed by atoms with Crippen molar-refractivity contribution in [3.05, 3.63) is 29.8 Å². The van der Waals surface area contributed by atoms with Gasteiger partial charge < -0.3 is 14.8 Å². The fourth-order valence-electron chi connectivity index (χ4n) is 3.49. The molecule has 0 aliphatic carbocycles. The summed E-state index contributed by atoms with van der Waals surface area (Å²) in [6.45, 7) is 6.63. The minimum absolute atomic E-state index is 0. The van der Waals surface area contributed by atoms with Crippen LogP contribution in [0.2, 0.25) is 0 Å². The Labute approximate surface area is 162 Å². The molecule has 2 aliphatic heterocycles. The third-order valence-corrected chi connectivity index (χ3v) is 6.70. The number of ether oxygens (including phenoxy) is 2. The Kier molecular flexibility index (Phi) is 6.92. The van der Waals surface area contributed by atoms with Gasteiger partial charge in [-0.15, -0.1) is 12.4 Å². The average molecular weight is 406 g/mol. The fraction of sp³-hybridized carbons (Fsp3) is 0.647. The maximum absolute atomic E-state index is 13.3. The lowest BCUT2D eigenvalue weighted by atomic mass is 10.0. The van der Waals surface area contributed by atoms with E-state index in [0.717, 1.165) is 5.56 Å². The number of piperazine rings is 1. The number of hydrogen-bond donors (Lipinski definition) is 1. The van der Waals surface area contributed by atoms with Crippen LogP contribution in [-0.2, 0) is 14.9 Å². The summed E-state index contributed by atoms with van der Waals surface area (Å²) < 4.78 is 40.9. The van der Waals surface area contributed by atoms with Crippen LogP contribution in [0.1, 0.15) is 25.5 Å². The number of para-hydroxylation sites is 1. The van der Waals surface area contributed by atoms with Crippen LogP contribution in [0.15, 0.2) is 24.3 Å². The van der Waals surface area contributed by atoms with Crippen molar-refractivity contribution in [2.45, 2.75) is 25.5 Å². The molecule has 9 heteroatoms. The fourth-order valence-corrected chi connectivity index (χ4v) is 5.39. The predicted molar refractivity (Wildman–Crippen MR) is 103 cm³/mol. The highest BCUT2D eigenvalue weighted by Gasteiger charge is 2.41. The first kappa shape index (κ1) is 21.4. The first-order chi connectivity index (χ1) is 11.8. The molecule has 0 radical (unpaired) electrons. The smallest absolute Gasteiger partial charge is 0.282 e. The number of benzene rings is 1. The Hall–Kier alpha value is -0.900. The monoisotopic (exact) mass is 405 g/mol. The van der Waals surface area contributed by atoms with Gasteiger partial charge in [-0.25, -0.2) is 0 Å². The molecule has 2 saturated heterocycles. The summed E-state index contributed by atoms with van der Waals surface area (Å²) in [5.74, 6) is 0.707. The van der Waals surface area contributed by atoms with Crippen LogP contribution < -0.4 is 10.1 Å². The molecule has 2 aliphatic rings. The zero-order valence-electron chi connectivity index (χ0n) is 15.5. The Balaban J connectivity index is 0.00000243. The van der Waals surface area contributed by atoms with E-state index >= 15 is 0 Å². The molecule has 0 amide bonds. The van der Waals surface area contributed by atoms with E-state index in [1.54, 1.807) is 15.7 Å². The molecule has 0 aromatic heterocycles. The lowest BCUT2D eigenvalue weighted by Crippen LogP contribution is -2.58. The lowest BCUT2D eigenvalue weighted by Gasteiger charge is -2.43. The van der Waals surface area contributed by atoms with E-state index in [1.165, 1.54) is 0 Å². The van der Waals surface area contributed by atoms with E-state index < -0.39 is 15.8 Å². The molecular weight excluding hydrogens is 378 g/mol. The molecule has 7 nitrogen and oxygen atoms in total. The first-order valence-corrected chi connectivity index (χ1v) is 9.99. The summed E-state index contributed by atoms with van der Waals surface area (Å²) in [5.41, 5.74) is 0.410. The maximum Gasteiger partial charge on any atom is 0.282 e. The minimum atomic E-state index is -3.59. The van der Waals surface area contributed by atoms with Crippen LogP contribution in [0.5, 0.6) is 5.75 Å². The maximum atomic E-state index is 13.3. The van der Waals surface area contributed by atoms with Gasteiger partial charge in [0.1, 0.15) is 5.75 Å². The predicted octanol–water partition coefficient (Wildman–Crippen LogP) is 1.42. The molecule has 26 heavy (non-hydrogen) atoms. The van der Waals surface area contributed by atoms with Crippen molar-refractivity contribution in [2.24, 2.45) is 0 Å². The number of methoxy groups -OCH3 is 1. The quantitative estimate of drug-likeness (QED) is 0.820. The standard InChI is InChI=1S/C17H27N3O4S.ClH/c1-17(2)13-19(10-11-24-17)25(21,22)20-9-8-18-12-15(20)14-6-4-5-7-16(14)23-3;/h4-7,15,18H,8-13H2,1-3H3;1H. The highest BCUT2D eigenvalue weighted by molar-refractivity contribution is 7.86. The van der Waals surface area contributed by atoms with E-state index in [4.69, 9.17) is 9.47 Å². The van der Waals surface area contributed by atoms with Crippen molar-refractivity contribution in [3.8, 4) is 5.75 Å². The SMILES string of the molecule is COc1ccccc1C1CNCCN1S(=O)(=O)N1CCOC(C)(C)C1.Cl. The molecule has 1 aromatic carbocycles. The lowest BCUT2D eigenvalue weighted by molar-refractivity contribution is -0.0656. The van der Waals surface area contributed by atoms with Crippen molar-refractivity contribution in [3.63, 3.8) is 0 Å². The molecule has 2 fully saturated rings. The van der Waals surface area contributed by atoms with Gasteiger partial charge in [0.05, 0.1) is 25.4 Å². The van der Waals surface area contributed by atoms with Gasteiger partial charge in [0.25, 0.3) is 10.2 Å². The third kappa shape index (κ3) is 4.32. The van der Waals surface area contributed by atoms with E-state index in [1.807, 2.05) is 38.1 Å². The zero-order valence-corrected chi connectivity index (χ0v) is 17.1. The molecule has 3 rings (SSSR count). The molecule has 0 bridgehead atoms. The first-order valence-electron chi connectivity index (χ1n) is 8.60. The highest BCUT2D eigenvalue weighted by Crippen LogP contribution is 2.33. The normalized spacial score (nSPS) is 24.7. The molecule has 0 saturated carbocycles. The van der Waals surface area contributed by atoms with Gasteiger partial charge in [-0.3, -0.25) is 0 Å². The summed E-state index contributed by atoms with van der Waals surface area (Å²) in [7, 11) is -1.98. The van der Waals surface area contributed by atoms with Gasteiger partial charge >= 0.3 is 0 Å². The van der Waals surface area contributed by atoms with Gasteiger partial charge in [0.2, 0.25) is 0 Å². The second-order valence-electron chi connectivity index (χ2n) is 7.02. The van der Waals surface area contributed by atoms with Crippen LogP contribution >= 0.6 is 12.4 Å². The summed E-state index contributed by atoms with van der Waals surface area (Å²) in [6, 6.07) is 7.31. The average Bonchev–Trinajstić information content (AvgIpc) is 2.61. The van der Waals surface area contributed by atoms with Crippen LogP contribution in [0.3, 0.4) is 0 Å². The second-order valence-corrected chi connectivity index (χ2v) is 8.90. The number of morpholine rings is 1. The topological polar surface area (TPSA) is 71.1 Å². The van der Waals surface area contributed by atoms with Gasteiger partial charge in [0, 0.05) is 38.3 Å². The van der Waals surface area contributed by atoms with Crippen LogP contribution in [0.4, 0.5) is 0 Å². The number of nitrogens with zero attached hydrogens (tertiary/aromatic N) is 2. The second kappa shape index (κ2) is 8.41. The van der Waals surface area contributed by atoms with Gasteiger partial charge in [-0.2, -0.15) is 17.0 Å². The Morgan fingerprint density at radius 1 is 1.27 bits per heavy atom. The van der Waals surface area contributed by atoms with Crippen LogP contribution in [-0.4, -0.2) is 69.1 Å². The van der Waals surface area contributed by atoms with Crippen molar-refractivity contribution in [1.29, 1.82) is 0 Å². The molecule has 1 atom stereocenters. The third-order valence-electron chi connectivity index (χ3n) is 4.71. The van der Waals surface area contributed by atoms with Crippen molar-refractivity contribution in [1.82, 2.24) is 13.9 Å². The highest BCUT2D eigenvalue weighted by atomic mass is 35.5. The Morgan fingerprint density at radius 3 is 2.69 bits per heavy atom. The number of halogens is 1. The van der Waals surface area contributed by atoms with Crippen molar-refractivity contribution < 1.29 is 17.9 Å². The Morgan fingerprint density at radius 2 is 2.00 bits per heavy atom. The van der Waals surface area contributed by atoms with E-state index in [2.05, 4.69) is 5.32 Å². The van der Waals surface area contributed by atoms with Gasteiger partial charge in [-0.05, 0) is 19.9 Å². The molecule has 1 unspecified atom stereocenters. The van der Waals surface area contributed by atoms with Crippen LogP contribution in [0.25, 0.3) is 0 Å². The summed E-state index contributed by atoms with van der Waals surface area (Å²) in [4.78, 5) is 0. The van der Waals surface area contributed by atoms with Crippen molar-refractivity contribution in [2.75, 3.05) is 46.4 Å². The molecule has 148 valence electrons. The molecule has 0 spiro atoms. The minimum Gasteiger partial charge on any atom is -0.496 e. The van der Waals surface area contributed by atoms with E-state index in [0.29, 0.717) is 45.1 Å². The summed E-state index contributed by atoms with van der Waals surface area (Å²) in [5, 5.41) is 3.30. The number of hydrogen-bond acceptors (Lipinski definition) is 5. The Bertz CT molecular complexity index is 714.